The van der Waals surface area contributed by atoms with Crippen molar-refractivity contribution in [2.24, 2.45) is 0 Å². The molecule has 0 aliphatic rings. The number of rotatable bonds is 9. The van der Waals surface area contributed by atoms with Gasteiger partial charge in [-0.1, -0.05) is 0 Å². The van der Waals surface area contributed by atoms with Gasteiger partial charge >= 0.3 is 0 Å². The van der Waals surface area contributed by atoms with Gasteiger partial charge in [-0.2, -0.15) is 5.10 Å². The van der Waals surface area contributed by atoms with Crippen LogP contribution in [0, 0.1) is 13.8 Å². The smallest absolute Gasteiger partial charge is 0.260 e. The third kappa shape index (κ3) is 7.01. The Morgan fingerprint density at radius 1 is 1.04 bits per heavy atom. The molecule has 1 aromatic carbocycles. The molecule has 0 saturated heterocycles. The highest BCUT2D eigenvalue weighted by molar-refractivity contribution is 5.81. The maximum atomic E-state index is 11.8. The lowest BCUT2D eigenvalue weighted by Gasteiger charge is -2.09. The van der Waals surface area contributed by atoms with E-state index in [1.807, 2.05) is 51.1 Å². The molecule has 0 atom stereocenters. The molecule has 8 nitrogen and oxygen atoms in total. The number of benzene rings is 1. The van der Waals surface area contributed by atoms with Gasteiger partial charge in [-0.05, 0) is 57.5 Å². The van der Waals surface area contributed by atoms with Gasteiger partial charge < -0.3 is 9.47 Å². The van der Waals surface area contributed by atoms with Gasteiger partial charge in [-0.25, -0.2) is 0 Å². The molecule has 2 rings (SSSR count). The fraction of sp³-hybridized carbons (Fsp3) is 0.421. The summed E-state index contributed by atoms with van der Waals surface area (Å²) in [7, 11) is 0. The lowest BCUT2D eigenvalue weighted by atomic mass is 10.3. The molecule has 0 fully saturated rings. The molecule has 0 saturated carbocycles. The van der Waals surface area contributed by atoms with E-state index in [4.69, 9.17) is 9.47 Å². The van der Waals surface area contributed by atoms with Crippen molar-refractivity contribution in [1.82, 2.24) is 20.6 Å². The number of carbonyl (C=O) groups excluding carboxylic acids is 2. The predicted molar refractivity (Wildman–Crippen MR) is 100 cm³/mol. The molecule has 1 heterocycles. The van der Waals surface area contributed by atoms with E-state index in [1.165, 1.54) is 0 Å². The van der Waals surface area contributed by atoms with Crippen LogP contribution in [0.1, 0.15) is 31.2 Å². The van der Waals surface area contributed by atoms with Crippen LogP contribution in [0.3, 0.4) is 0 Å². The molecule has 27 heavy (non-hydrogen) atoms. The van der Waals surface area contributed by atoms with E-state index in [2.05, 4.69) is 16.0 Å². The molecular formula is C19H26N4O4. The lowest BCUT2D eigenvalue weighted by Crippen LogP contribution is -2.43. The zero-order valence-corrected chi connectivity index (χ0v) is 15.9. The number of nitrogens with zero attached hydrogens (tertiary/aromatic N) is 2. The average molecular weight is 374 g/mol. The normalized spacial score (nSPS) is 10.3. The van der Waals surface area contributed by atoms with Crippen molar-refractivity contribution >= 4 is 11.8 Å². The lowest BCUT2D eigenvalue weighted by molar-refractivity contribution is -0.129. The molecule has 2 aromatic rings. The highest BCUT2D eigenvalue weighted by Crippen LogP contribution is 2.17. The molecule has 0 unspecified atom stereocenters. The zero-order chi connectivity index (χ0) is 19.6. The summed E-state index contributed by atoms with van der Waals surface area (Å²) in [6.45, 7) is 6.74. The van der Waals surface area contributed by atoms with Gasteiger partial charge in [0.25, 0.3) is 5.91 Å². The molecule has 0 aliphatic carbocycles. The van der Waals surface area contributed by atoms with Gasteiger partial charge in [0.1, 0.15) is 18.0 Å². The molecule has 8 heteroatoms. The Kier molecular flexibility index (Phi) is 7.66. The summed E-state index contributed by atoms with van der Waals surface area (Å²) >= 11 is 0. The fourth-order valence-corrected chi connectivity index (χ4v) is 2.43. The van der Waals surface area contributed by atoms with Crippen molar-refractivity contribution < 1.29 is 19.1 Å². The first kappa shape index (κ1) is 20.3. The minimum atomic E-state index is -0.333. The van der Waals surface area contributed by atoms with Gasteiger partial charge in [0, 0.05) is 12.1 Å². The average Bonchev–Trinajstić information content (AvgIpc) is 2.95. The minimum absolute atomic E-state index is 0.0564. The van der Waals surface area contributed by atoms with E-state index in [0.717, 1.165) is 22.9 Å². The third-order valence-corrected chi connectivity index (χ3v) is 3.69. The van der Waals surface area contributed by atoms with Gasteiger partial charge in [0.05, 0.1) is 18.9 Å². The number of hydrogen-bond donors (Lipinski definition) is 2. The monoisotopic (exact) mass is 374 g/mol. The molecule has 0 radical (unpaired) electrons. The van der Waals surface area contributed by atoms with E-state index in [-0.39, 0.29) is 24.8 Å². The van der Waals surface area contributed by atoms with Crippen LogP contribution >= 0.6 is 0 Å². The van der Waals surface area contributed by atoms with Crippen LogP contribution in [0.4, 0.5) is 0 Å². The number of aromatic nitrogens is 2. The summed E-state index contributed by atoms with van der Waals surface area (Å²) in [4.78, 5) is 23.6. The van der Waals surface area contributed by atoms with Crippen LogP contribution in [-0.4, -0.2) is 34.8 Å². The number of ether oxygens (including phenoxy) is 2. The zero-order valence-electron chi connectivity index (χ0n) is 15.9. The Morgan fingerprint density at radius 2 is 1.67 bits per heavy atom. The maximum absolute atomic E-state index is 11.8. The van der Waals surface area contributed by atoms with Crippen LogP contribution in [0.25, 0.3) is 0 Å². The van der Waals surface area contributed by atoms with E-state index in [0.29, 0.717) is 19.6 Å². The summed E-state index contributed by atoms with van der Waals surface area (Å²) in [6, 6.07) is 9.21. The van der Waals surface area contributed by atoms with Gasteiger partial charge in [0.15, 0.2) is 0 Å². The number of hydrazine groups is 1. The third-order valence-electron chi connectivity index (χ3n) is 3.69. The molecule has 0 bridgehead atoms. The largest absolute Gasteiger partial charge is 0.494 e. The molecule has 2 N–H and O–H groups in total. The van der Waals surface area contributed by atoms with Crippen molar-refractivity contribution in [2.45, 2.75) is 40.2 Å². The van der Waals surface area contributed by atoms with Crippen LogP contribution < -0.4 is 20.3 Å². The van der Waals surface area contributed by atoms with Crippen LogP contribution in [0.15, 0.2) is 30.3 Å². The first-order valence-electron chi connectivity index (χ1n) is 8.92. The standard InChI is InChI=1S/C19H26N4O4/c1-4-26-16-7-9-17(10-8-16)27-11-5-6-18(24)20-21-19(25)13-23-15(3)12-14(2)22-23/h7-10,12H,4-6,11,13H2,1-3H3,(H,20,24)(H,21,25). The van der Waals surface area contributed by atoms with Crippen molar-refractivity contribution in [3.05, 3.63) is 41.7 Å². The van der Waals surface area contributed by atoms with E-state index in [1.54, 1.807) is 4.68 Å². The van der Waals surface area contributed by atoms with Crippen molar-refractivity contribution in [3.8, 4) is 11.5 Å². The quantitative estimate of drug-likeness (QED) is 0.516. The van der Waals surface area contributed by atoms with E-state index < -0.39 is 0 Å². The Morgan fingerprint density at radius 3 is 2.26 bits per heavy atom. The first-order chi connectivity index (χ1) is 13.0. The second-order valence-corrected chi connectivity index (χ2v) is 6.04. The summed E-state index contributed by atoms with van der Waals surface area (Å²) < 4.78 is 12.5. The number of aryl methyl sites for hydroxylation is 2. The van der Waals surface area contributed by atoms with Gasteiger partial charge in [0.2, 0.25) is 5.91 Å². The van der Waals surface area contributed by atoms with Crippen molar-refractivity contribution in [1.29, 1.82) is 0 Å². The highest BCUT2D eigenvalue weighted by atomic mass is 16.5. The summed E-state index contributed by atoms with van der Waals surface area (Å²) in [5.74, 6) is 0.907. The predicted octanol–water partition coefficient (Wildman–Crippen LogP) is 1.91. The van der Waals surface area contributed by atoms with Crippen LogP contribution in [0.2, 0.25) is 0 Å². The second-order valence-electron chi connectivity index (χ2n) is 6.04. The molecule has 2 amide bonds. The van der Waals surface area contributed by atoms with Crippen LogP contribution in [-0.2, 0) is 16.1 Å². The Balaban J connectivity index is 1.60. The minimum Gasteiger partial charge on any atom is -0.494 e. The molecule has 0 aliphatic heterocycles. The Hall–Kier alpha value is -3.03. The summed E-state index contributed by atoms with van der Waals surface area (Å²) in [6.07, 6.45) is 0.781. The molecule has 1 aromatic heterocycles. The fourth-order valence-electron chi connectivity index (χ4n) is 2.43. The second kappa shape index (κ2) is 10.2. The number of amides is 2. The SMILES string of the molecule is CCOc1ccc(OCCCC(=O)NNC(=O)Cn2nc(C)cc2C)cc1. The Labute approximate surface area is 158 Å². The first-order valence-corrected chi connectivity index (χ1v) is 8.92. The molecular weight excluding hydrogens is 348 g/mol. The highest BCUT2D eigenvalue weighted by Gasteiger charge is 2.08. The topological polar surface area (TPSA) is 94.5 Å². The van der Waals surface area contributed by atoms with Crippen LogP contribution in [0.5, 0.6) is 11.5 Å². The van der Waals surface area contributed by atoms with E-state index >= 15 is 0 Å². The maximum Gasteiger partial charge on any atom is 0.260 e. The number of hydrogen-bond acceptors (Lipinski definition) is 5. The number of carbonyl (C=O) groups is 2. The number of nitrogens with one attached hydrogen (secondary N) is 2. The summed E-state index contributed by atoms with van der Waals surface area (Å²) in [5, 5.41) is 4.20. The summed E-state index contributed by atoms with van der Waals surface area (Å²) in [5.41, 5.74) is 6.52. The van der Waals surface area contributed by atoms with Gasteiger partial charge in [-0.3, -0.25) is 25.1 Å². The molecule has 146 valence electrons. The molecule has 0 spiro atoms. The Bertz CT molecular complexity index is 756. The van der Waals surface area contributed by atoms with Gasteiger partial charge in [-0.15, -0.1) is 0 Å². The van der Waals surface area contributed by atoms with Crippen molar-refractivity contribution in [2.75, 3.05) is 13.2 Å². The van der Waals surface area contributed by atoms with Crippen molar-refractivity contribution in [3.63, 3.8) is 0 Å². The van der Waals surface area contributed by atoms with E-state index in [9.17, 15) is 9.59 Å².